The van der Waals surface area contributed by atoms with Gasteiger partial charge >= 0.3 is 0 Å². The maximum Gasteiger partial charge on any atom is 0.131 e. The van der Waals surface area contributed by atoms with Gasteiger partial charge in [-0.15, -0.1) is 23.5 Å². The van der Waals surface area contributed by atoms with Crippen LogP contribution in [0.4, 0.5) is 4.39 Å². The highest BCUT2D eigenvalue weighted by Crippen LogP contribution is 2.46. The fourth-order valence-corrected chi connectivity index (χ4v) is 6.91. The highest BCUT2D eigenvalue weighted by atomic mass is 32.2. The zero-order valence-electron chi connectivity index (χ0n) is 17.3. The van der Waals surface area contributed by atoms with Crippen LogP contribution in [0.3, 0.4) is 0 Å². The molecule has 0 atom stereocenters. The third kappa shape index (κ3) is 6.03. The van der Waals surface area contributed by atoms with Crippen LogP contribution in [-0.4, -0.2) is 11.5 Å². The molecule has 0 amide bonds. The van der Waals surface area contributed by atoms with E-state index in [0.717, 1.165) is 35.4 Å². The van der Waals surface area contributed by atoms with E-state index in [1.54, 1.807) is 6.07 Å². The standard InChI is InChI=1S/C25H33FS2/c1-3-5-7-9-19-10-15-23(24(26)16-19)21-11-13-22(14-12-21)25-27-17-20(18-28-25)8-6-4-2/h10-16,20,25H,3-9,17-18H2,1-2H3. The second kappa shape index (κ2) is 11.3. The van der Waals surface area contributed by atoms with Crippen molar-refractivity contribution in [3.63, 3.8) is 0 Å². The Morgan fingerprint density at radius 1 is 0.893 bits per heavy atom. The van der Waals surface area contributed by atoms with Crippen LogP contribution in [0.15, 0.2) is 42.5 Å². The summed E-state index contributed by atoms with van der Waals surface area (Å²) in [7, 11) is 0. The Morgan fingerprint density at radius 3 is 2.25 bits per heavy atom. The molecule has 0 N–H and O–H groups in total. The van der Waals surface area contributed by atoms with E-state index in [2.05, 4.69) is 67.7 Å². The first-order valence-electron chi connectivity index (χ1n) is 10.8. The molecule has 1 heterocycles. The topological polar surface area (TPSA) is 0 Å². The normalized spacial score (nSPS) is 19.7. The summed E-state index contributed by atoms with van der Waals surface area (Å²) in [6.45, 7) is 4.47. The predicted octanol–water partition coefficient (Wildman–Crippen LogP) is 8.51. The lowest BCUT2D eigenvalue weighted by Gasteiger charge is -2.28. The van der Waals surface area contributed by atoms with Crippen LogP contribution in [0.25, 0.3) is 11.1 Å². The summed E-state index contributed by atoms with van der Waals surface area (Å²) in [6.07, 6.45) is 8.54. The van der Waals surface area contributed by atoms with Gasteiger partial charge in [0.1, 0.15) is 5.82 Å². The number of rotatable bonds is 9. The largest absolute Gasteiger partial charge is 0.206 e. The molecular formula is C25H33FS2. The molecule has 0 saturated carbocycles. The lowest BCUT2D eigenvalue weighted by Crippen LogP contribution is -2.14. The molecular weight excluding hydrogens is 383 g/mol. The molecule has 0 unspecified atom stereocenters. The van der Waals surface area contributed by atoms with Crippen molar-refractivity contribution >= 4 is 23.5 Å². The minimum atomic E-state index is -0.0954. The Bertz CT molecular complexity index is 718. The molecule has 152 valence electrons. The van der Waals surface area contributed by atoms with Gasteiger partial charge in [-0.3, -0.25) is 0 Å². The zero-order valence-corrected chi connectivity index (χ0v) is 18.9. The van der Waals surface area contributed by atoms with Crippen molar-refractivity contribution < 1.29 is 4.39 Å². The molecule has 2 aromatic rings. The molecule has 1 fully saturated rings. The lowest BCUT2D eigenvalue weighted by molar-refractivity contribution is 0.562. The maximum atomic E-state index is 14.6. The number of hydrogen-bond acceptors (Lipinski definition) is 2. The maximum absolute atomic E-state index is 14.6. The van der Waals surface area contributed by atoms with Crippen molar-refractivity contribution in [2.75, 3.05) is 11.5 Å². The number of benzene rings is 2. The van der Waals surface area contributed by atoms with Gasteiger partial charge in [0.2, 0.25) is 0 Å². The number of thioether (sulfide) groups is 2. The van der Waals surface area contributed by atoms with Gasteiger partial charge in [-0.1, -0.05) is 75.9 Å². The smallest absolute Gasteiger partial charge is 0.131 e. The van der Waals surface area contributed by atoms with Crippen LogP contribution in [0, 0.1) is 11.7 Å². The Morgan fingerprint density at radius 2 is 1.61 bits per heavy atom. The zero-order chi connectivity index (χ0) is 19.8. The molecule has 0 nitrogen and oxygen atoms in total. The molecule has 0 bridgehead atoms. The monoisotopic (exact) mass is 416 g/mol. The van der Waals surface area contributed by atoms with Gasteiger partial charge in [0.05, 0.1) is 4.58 Å². The van der Waals surface area contributed by atoms with Gasteiger partial charge in [-0.2, -0.15) is 0 Å². The van der Waals surface area contributed by atoms with E-state index >= 15 is 0 Å². The highest BCUT2D eigenvalue weighted by molar-refractivity contribution is 8.16. The second-order valence-electron chi connectivity index (χ2n) is 7.90. The summed E-state index contributed by atoms with van der Waals surface area (Å²) in [5.41, 5.74) is 4.17. The number of unbranched alkanes of at least 4 members (excludes halogenated alkanes) is 3. The van der Waals surface area contributed by atoms with Crippen LogP contribution < -0.4 is 0 Å². The highest BCUT2D eigenvalue weighted by Gasteiger charge is 2.23. The first-order chi connectivity index (χ1) is 13.7. The van der Waals surface area contributed by atoms with Gasteiger partial charge in [0.15, 0.2) is 0 Å². The molecule has 2 aromatic carbocycles. The molecule has 3 heteroatoms. The average molecular weight is 417 g/mol. The molecule has 3 rings (SSSR count). The number of hydrogen-bond donors (Lipinski definition) is 0. The molecule has 0 radical (unpaired) electrons. The average Bonchev–Trinajstić information content (AvgIpc) is 2.73. The van der Waals surface area contributed by atoms with E-state index in [-0.39, 0.29) is 5.82 Å². The molecule has 1 aliphatic rings. The van der Waals surface area contributed by atoms with E-state index in [9.17, 15) is 4.39 Å². The molecule has 1 saturated heterocycles. The lowest BCUT2D eigenvalue weighted by atomic mass is 10.00. The van der Waals surface area contributed by atoms with E-state index in [4.69, 9.17) is 0 Å². The van der Waals surface area contributed by atoms with Gasteiger partial charge < -0.3 is 0 Å². The van der Waals surface area contributed by atoms with Crippen molar-refractivity contribution in [2.45, 2.75) is 63.4 Å². The minimum absolute atomic E-state index is 0.0954. The summed E-state index contributed by atoms with van der Waals surface area (Å²) in [6, 6.07) is 14.3. The van der Waals surface area contributed by atoms with E-state index in [1.165, 1.54) is 49.2 Å². The summed E-state index contributed by atoms with van der Waals surface area (Å²) >= 11 is 4.16. The SMILES string of the molecule is CCCCCc1ccc(-c2ccc(C3SCC(CCCC)CS3)cc2)c(F)c1. The molecule has 1 aliphatic heterocycles. The summed E-state index contributed by atoms with van der Waals surface area (Å²) in [5, 5.41) is 0. The Labute approximate surface area is 179 Å². The van der Waals surface area contributed by atoms with Crippen molar-refractivity contribution in [3.05, 3.63) is 59.4 Å². The Balaban J connectivity index is 1.60. The molecule has 0 spiro atoms. The fraction of sp³-hybridized carbons (Fsp3) is 0.520. The van der Waals surface area contributed by atoms with Crippen molar-refractivity contribution in [2.24, 2.45) is 5.92 Å². The second-order valence-corrected chi connectivity index (χ2v) is 10.5. The summed E-state index contributed by atoms with van der Waals surface area (Å²) in [4.78, 5) is 0. The quantitative estimate of drug-likeness (QED) is 0.376. The molecule has 0 aliphatic carbocycles. The van der Waals surface area contributed by atoms with Crippen molar-refractivity contribution in [1.29, 1.82) is 0 Å². The third-order valence-electron chi connectivity index (χ3n) is 5.53. The third-order valence-corrected chi connectivity index (χ3v) is 8.82. The van der Waals surface area contributed by atoms with E-state index in [0.29, 0.717) is 4.58 Å². The van der Waals surface area contributed by atoms with E-state index in [1.807, 2.05) is 6.07 Å². The fourth-order valence-electron chi connectivity index (χ4n) is 3.74. The number of aryl methyl sites for hydroxylation is 1. The van der Waals surface area contributed by atoms with Gasteiger partial charge in [-0.05, 0) is 59.4 Å². The first-order valence-corrected chi connectivity index (χ1v) is 12.9. The molecule has 0 aromatic heterocycles. The summed E-state index contributed by atoms with van der Waals surface area (Å²) in [5.74, 6) is 3.32. The van der Waals surface area contributed by atoms with Gasteiger partial charge in [-0.25, -0.2) is 4.39 Å². The Hall–Kier alpha value is -0.930. The van der Waals surface area contributed by atoms with Gasteiger partial charge in [0.25, 0.3) is 0 Å². The minimum Gasteiger partial charge on any atom is -0.206 e. The first kappa shape index (κ1) is 21.8. The van der Waals surface area contributed by atoms with Crippen LogP contribution in [0.5, 0.6) is 0 Å². The van der Waals surface area contributed by atoms with Crippen LogP contribution in [0.2, 0.25) is 0 Å². The summed E-state index contributed by atoms with van der Waals surface area (Å²) < 4.78 is 15.2. The van der Waals surface area contributed by atoms with Gasteiger partial charge in [0, 0.05) is 5.56 Å². The van der Waals surface area contributed by atoms with Crippen LogP contribution >= 0.6 is 23.5 Å². The predicted molar refractivity (Wildman–Crippen MR) is 126 cm³/mol. The van der Waals surface area contributed by atoms with Crippen LogP contribution in [0.1, 0.15) is 68.1 Å². The van der Waals surface area contributed by atoms with Crippen molar-refractivity contribution in [1.82, 2.24) is 0 Å². The molecule has 28 heavy (non-hydrogen) atoms. The van der Waals surface area contributed by atoms with Crippen molar-refractivity contribution in [3.8, 4) is 11.1 Å². The van der Waals surface area contributed by atoms with Crippen LogP contribution in [-0.2, 0) is 6.42 Å². The van der Waals surface area contributed by atoms with E-state index < -0.39 is 0 Å². The Kier molecular flexibility index (Phi) is 8.79. The number of halogens is 1.